The van der Waals surface area contributed by atoms with Crippen LogP contribution < -0.4 is 0 Å². The Kier molecular flexibility index (Phi) is 8.48. The Morgan fingerprint density at radius 2 is 1.54 bits per heavy atom. The molecule has 0 aromatic carbocycles. The van der Waals surface area contributed by atoms with Crippen LogP contribution in [0, 0.1) is 5.41 Å². The summed E-state index contributed by atoms with van der Waals surface area (Å²) in [5, 5.41) is 0. The van der Waals surface area contributed by atoms with Gasteiger partial charge in [-0.05, 0) is 63.7 Å². The average Bonchev–Trinajstić information content (AvgIpc) is 2.56. The third kappa shape index (κ3) is 6.99. The van der Waals surface area contributed by atoms with Gasteiger partial charge in [0.15, 0.2) is 12.6 Å². The molecule has 4 atom stereocenters. The van der Waals surface area contributed by atoms with Crippen LogP contribution in [-0.2, 0) is 18.9 Å². The summed E-state index contributed by atoms with van der Waals surface area (Å²) < 4.78 is 24.2. The Morgan fingerprint density at radius 3 is 2.04 bits per heavy atom. The minimum absolute atomic E-state index is 0.0229. The second-order valence-electron chi connectivity index (χ2n) is 8.23. The summed E-state index contributed by atoms with van der Waals surface area (Å²) in [5.74, 6) is 0. The highest BCUT2D eigenvalue weighted by Gasteiger charge is 2.32. The molecule has 2 aliphatic rings. The van der Waals surface area contributed by atoms with Crippen LogP contribution >= 0.6 is 0 Å². The predicted molar refractivity (Wildman–Crippen MR) is 95.9 cm³/mol. The second kappa shape index (κ2) is 10.1. The lowest BCUT2D eigenvalue weighted by Crippen LogP contribution is -2.41. The van der Waals surface area contributed by atoms with E-state index in [2.05, 4.69) is 27.7 Å². The van der Waals surface area contributed by atoms with Crippen molar-refractivity contribution in [1.82, 2.24) is 0 Å². The average molecular weight is 343 g/mol. The SMILES string of the molecule is CCCC(C)(C)C[C@@H](OC1CCCCO1)[C@@H](C)OC1CCCCO1. The molecule has 2 saturated heterocycles. The van der Waals surface area contributed by atoms with Gasteiger partial charge in [0.25, 0.3) is 0 Å². The monoisotopic (exact) mass is 342 g/mol. The van der Waals surface area contributed by atoms with E-state index < -0.39 is 0 Å². The highest BCUT2D eigenvalue weighted by Crippen LogP contribution is 2.33. The lowest BCUT2D eigenvalue weighted by molar-refractivity contribution is -0.249. The van der Waals surface area contributed by atoms with Gasteiger partial charge in [0.2, 0.25) is 0 Å². The molecule has 142 valence electrons. The largest absolute Gasteiger partial charge is 0.353 e. The standard InChI is InChI=1S/C20H38O4/c1-5-12-20(3,4)15-17(24-19-11-7-9-14-22-19)16(2)23-18-10-6-8-13-21-18/h16-19H,5-15H2,1-4H3/t16-,17-,18?,19?/m1/s1. The van der Waals surface area contributed by atoms with Crippen molar-refractivity contribution in [3.8, 4) is 0 Å². The molecule has 0 saturated carbocycles. The van der Waals surface area contributed by atoms with E-state index in [1.165, 1.54) is 25.7 Å². The summed E-state index contributed by atoms with van der Waals surface area (Å²) in [7, 11) is 0. The quantitative estimate of drug-likeness (QED) is 0.588. The van der Waals surface area contributed by atoms with Gasteiger partial charge in [0, 0.05) is 13.2 Å². The summed E-state index contributed by atoms with van der Waals surface area (Å²) in [4.78, 5) is 0. The van der Waals surface area contributed by atoms with Crippen LogP contribution in [0.4, 0.5) is 0 Å². The second-order valence-corrected chi connectivity index (χ2v) is 8.23. The Hall–Kier alpha value is -0.160. The smallest absolute Gasteiger partial charge is 0.158 e. The minimum Gasteiger partial charge on any atom is -0.353 e. The Balaban J connectivity index is 1.93. The summed E-state index contributed by atoms with van der Waals surface area (Å²) in [6, 6.07) is 0. The van der Waals surface area contributed by atoms with Gasteiger partial charge < -0.3 is 18.9 Å². The van der Waals surface area contributed by atoms with Crippen LogP contribution in [0.5, 0.6) is 0 Å². The zero-order chi connectivity index (χ0) is 17.4. The molecule has 0 spiro atoms. The van der Waals surface area contributed by atoms with Crippen LogP contribution in [0.3, 0.4) is 0 Å². The van der Waals surface area contributed by atoms with Crippen LogP contribution in [-0.4, -0.2) is 38.0 Å². The molecule has 2 aliphatic heterocycles. The molecule has 24 heavy (non-hydrogen) atoms. The van der Waals surface area contributed by atoms with Gasteiger partial charge in [0.05, 0.1) is 12.2 Å². The molecule has 0 amide bonds. The van der Waals surface area contributed by atoms with Crippen LogP contribution in [0.2, 0.25) is 0 Å². The molecule has 2 fully saturated rings. The lowest BCUT2D eigenvalue weighted by Gasteiger charge is -2.37. The molecular formula is C20H38O4. The van der Waals surface area contributed by atoms with E-state index >= 15 is 0 Å². The number of hydrogen-bond acceptors (Lipinski definition) is 4. The van der Waals surface area contributed by atoms with Crippen molar-refractivity contribution in [3.63, 3.8) is 0 Å². The zero-order valence-electron chi connectivity index (χ0n) is 16.2. The highest BCUT2D eigenvalue weighted by atomic mass is 16.7. The molecule has 4 heteroatoms. The fraction of sp³-hybridized carbons (Fsp3) is 1.00. The molecule has 0 radical (unpaired) electrons. The fourth-order valence-electron chi connectivity index (χ4n) is 3.81. The van der Waals surface area contributed by atoms with Crippen molar-refractivity contribution < 1.29 is 18.9 Å². The summed E-state index contributed by atoms with van der Waals surface area (Å²) in [6.07, 6.45) is 10.00. The first-order chi connectivity index (χ1) is 11.5. The van der Waals surface area contributed by atoms with Crippen molar-refractivity contribution in [2.45, 2.75) is 110 Å². The Morgan fingerprint density at radius 1 is 0.958 bits per heavy atom. The maximum atomic E-state index is 6.37. The van der Waals surface area contributed by atoms with Gasteiger partial charge in [-0.3, -0.25) is 0 Å². The molecule has 4 nitrogen and oxygen atoms in total. The first-order valence-corrected chi connectivity index (χ1v) is 10.0. The van der Waals surface area contributed by atoms with E-state index in [1.54, 1.807) is 0 Å². The maximum absolute atomic E-state index is 6.37. The topological polar surface area (TPSA) is 36.9 Å². The molecule has 0 N–H and O–H groups in total. The molecule has 2 rings (SSSR count). The number of rotatable bonds is 9. The van der Waals surface area contributed by atoms with Crippen molar-refractivity contribution in [1.29, 1.82) is 0 Å². The van der Waals surface area contributed by atoms with E-state index in [9.17, 15) is 0 Å². The van der Waals surface area contributed by atoms with Crippen molar-refractivity contribution in [3.05, 3.63) is 0 Å². The summed E-state index contributed by atoms with van der Waals surface area (Å²) in [5.41, 5.74) is 0.249. The van der Waals surface area contributed by atoms with Crippen LogP contribution in [0.25, 0.3) is 0 Å². The molecule has 2 unspecified atom stereocenters. The molecule has 2 heterocycles. The fourth-order valence-corrected chi connectivity index (χ4v) is 3.81. The highest BCUT2D eigenvalue weighted by molar-refractivity contribution is 4.79. The first-order valence-electron chi connectivity index (χ1n) is 10.0. The van der Waals surface area contributed by atoms with Gasteiger partial charge in [0.1, 0.15) is 0 Å². The zero-order valence-corrected chi connectivity index (χ0v) is 16.2. The number of ether oxygens (including phenoxy) is 4. The third-order valence-electron chi connectivity index (χ3n) is 5.17. The van der Waals surface area contributed by atoms with Gasteiger partial charge >= 0.3 is 0 Å². The van der Waals surface area contributed by atoms with Crippen molar-refractivity contribution >= 4 is 0 Å². The summed E-state index contributed by atoms with van der Waals surface area (Å²) >= 11 is 0. The van der Waals surface area contributed by atoms with Crippen LogP contribution in [0.15, 0.2) is 0 Å². The lowest BCUT2D eigenvalue weighted by atomic mass is 9.81. The Bertz CT molecular complexity index is 333. The van der Waals surface area contributed by atoms with Gasteiger partial charge in [-0.2, -0.15) is 0 Å². The maximum Gasteiger partial charge on any atom is 0.158 e. The van der Waals surface area contributed by atoms with Gasteiger partial charge in [-0.1, -0.05) is 27.2 Å². The summed E-state index contributed by atoms with van der Waals surface area (Å²) in [6.45, 7) is 10.7. The normalized spacial score (nSPS) is 28.5. The van der Waals surface area contributed by atoms with Gasteiger partial charge in [-0.15, -0.1) is 0 Å². The Labute approximate surface area is 148 Å². The van der Waals surface area contributed by atoms with E-state index in [1.807, 2.05) is 0 Å². The van der Waals surface area contributed by atoms with Crippen molar-refractivity contribution in [2.75, 3.05) is 13.2 Å². The first kappa shape index (κ1) is 20.2. The third-order valence-corrected chi connectivity index (χ3v) is 5.17. The van der Waals surface area contributed by atoms with Gasteiger partial charge in [-0.25, -0.2) is 0 Å². The molecule has 0 aromatic heterocycles. The molecule has 0 aliphatic carbocycles. The van der Waals surface area contributed by atoms with Crippen LogP contribution in [0.1, 0.15) is 85.5 Å². The van der Waals surface area contributed by atoms with Crippen molar-refractivity contribution in [2.24, 2.45) is 5.41 Å². The number of hydrogen-bond donors (Lipinski definition) is 0. The van der Waals surface area contributed by atoms with E-state index in [0.29, 0.717) is 0 Å². The predicted octanol–water partition coefficient (Wildman–Crippen LogP) is 5.05. The van der Waals surface area contributed by atoms with E-state index in [4.69, 9.17) is 18.9 Å². The minimum atomic E-state index is -0.0699. The van der Waals surface area contributed by atoms with E-state index in [-0.39, 0.29) is 30.2 Å². The molecule has 0 bridgehead atoms. The molecule has 0 aromatic rings. The molecular weight excluding hydrogens is 304 g/mol. The van der Waals surface area contributed by atoms with E-state index in [0.717, 1.165) is 45.3 Å².